The fourth-order valence-corrected chi connectivity index (χ4v) is 5.11. The van der Waals surface area contributed by atoms with Crippen LogP contribution in [-0.4, -0.2) is 31.5 Å². The SMILES string of the molecule is COC1=C(OC)C(=O)C(SC/C=C(/C)CCC[C@H](C)CCC[C@@H](C)CCCC(C)C)=CC1=O. The number of thioether (sulfide) groups is 1. The molecule has 33 heavy (non-hydrogen) atoms. The van der Waals surface area contributed by atoms with Gasteiger partial charge < -0.3 is 9.47 Å². The monoisotopic (exact) mass is 478 g/mol. The number of rotatable bonds is 17. The molecule has 0 aromatic heterocycles. The molecule has 0 spiro atoms. The number of allylic oxidation sites excluding steroid dienone is 3. The van der Waals surface area contributed by atoms with Crippen molar-refractivity contribution in [3.8, 4) is 0 Å². The van der Waals surface area contributed by atoms with Crippen molar-refractivity contribution in [2.75, 3.05) is 20.0 Å². The Labute approximate surface area is 206 Å². The van der Waals surface area contributed by atoms with Gasteiger partial charge in [0.2, 0.25) is 23.1 Å². The van der Waals surface area contributed by atoms with Crippen LogP contribution in [0.5, 0.6) is 0 Å². The van der Waals surface area contributed by atoms with E-state index in [0.29, 0.717) is 10.7 Å². The summed E-state index contributed by atoms with van der Waals surface area (Å²) in [5, 5.41) is 0. The highest BCUT2D eigenvalue weighted by atomic mass is 32.2. The Hall–Kier alpha value is -1.49. The normalized spacial score (nSPS) is 16.8. The molecule has 0 heterocycles. The van der Waals surface area contributed by atoms with Gasteiger partial charge >= 0.3 is 0 Å². The smallest absolute Gasteiger partial charge is 0.238 e. The standard InChI is InChI=1S/C28H46O4S/c1-20(2)11-8-12-21(3)13-9-14-22(4)15-10-16-23(5)17-18-33-25-19-24(29)27(31-6)28(32-7)26(25)30/h17,19-22H,8-16,18H2,1-7H3/b23-17-/t21-,22+/m0/s1. The van der Waals surface area contributed by atoms with Crippen LogP contribution < -0.4 is 0 Å². The Kier molecular flexibility index (Phi) is 14.5. The Balaban J connectivity index is 2.26. The van der Waals surface area contributed by atoms with Crippen molar-refractivity contribution in [1.29, 1.82) is 0 Å². The lowest BCUT2D eigenvalue weighted by Gasteiger charge is -2.16. The highest BCUT2D eigenvalue weighted by molar-refractivity contribution is 8.04. The summed E-state index contributed by atoms with van der Waals surface area (Å²) in [6.45, 7) is 11.6. The molecular weight excluding hydrogens is 432 g/mol. The molecule has 0 saturated heterocycles. The lowest BCUT2D eigenvalue weighted by atomic mass is 9.91. The summed E-state index contributed by atoms with van der Waals surface area (Å²) in [7, 11) is 2.75. The van der Waals surface area contributed by atoms with Crippen molar-refractivity contribution in [2.45, 2.75) is 92.4 Å². The minimum atomic E-state index is -0.323. The van der Waals surface area contributed by atoms with Gasteiger partial charge in [-0.1, -0.05) is 84.3 Å². The molecule has 4 nitrogen and oxygen atoms in total. The van der Waals surface area contributed by atoms with E-state index in [1.165, 1.54) is 89.0 Å². The van der Waals surface area contributed by atoms with Gasteiger partial charge in [0.15, 0.2) is 0 Å². The van der Waals surface area contributed by atoms with Crippen LogP contribution in [0.3, 0.4) is 0 Å². The van der Waals surface area contributed by atoms with Crippen LogP contribution in [0.1, 0.15) is 92.4 Å². The van der Waals surface area contributed by atoms with E-state index >= 15 is 0 Å². The summed E-state index contributed by atoms with van der Waals surface area (Å²) in [5.74, 6) is 2.50. The Bertz CT molecular complexity index is 717. The number of ketones is 2. The van der Waals surface area contributed by atoms with Gasteiger partial charge in [0.05, 0.1) is 19.1 Å². The van der Waals surface area contributed by atoms with Crippen LogP contribution in [0.25, 0.3) is 0 Å². The third-order valence-electron chi connectivity index (χ3n) is 6.34. The highest BCUT2D eigenvalue weighted by Crippen LogP contribution is 2.28. The number of carbonyl (C=O) groups excluding carboxylic acids is 2. The zero-order chi connectivity index (χ0) is 24.8. The van der Waals surface area contributed by atoms with Gasteiger partial charge in [-0.05, 0) is 37.5 Å². The number of carbonyl (C=O) groups is 2. The minimum absolute atomic E-state index is 0.00728. The van der Waals surface area contributed by atoms with E-state index in [1.807, 2.05) is 0 Å². The summed E-state index contributed by atoms with van der Waals surface area (Å²) in [4.78, 5) is 25.0. The first-order valence-corrected chi connectivity index (χ1v) is 13.6. The average Bonchev–Trinajstić information content (AvgIpc) is 2.75. The zero-order valence-corrected chi connectivity index (χ0v) is 22.8. The molecule has 0 unspecified atom stereocenters. The molecule has 0 radical (unpaired) electrons. The van der Waals surface area contributed by atoms with E-state index < -0.39 is 0 Å². The van der Waals surface area contributed by atoms with Gasteiger partial charge in [0, 0.05) is 11.8 Å². The zero-order valence-electron chi connectivity index (χ0n) is 22.0. The topological polar surface area (TPSA) is 52.6 Å². The predicted molar refractivity (Wildman–Crippen MR) is 140 cm³/mol. The van der Waals surface area contributed by atoms with Crippen molar-refractivity contribution < 1.29 is 19.1 Å². The number of Topliss-reactive ketones (excluding diaryl/α,β-unsaturated/α-hetero) is 1. The van der Waals surface area contributed by atoms with Crippen molar-refractivity contribution in [3.05, 3.63) is 34.1 Å². The predicted octanol–water partition coefficient (Wildman–Crippen LogP) is 7.65. The van der Waals surface area contributed by atoms with Gasteiger partial charge in [-0.3, -0.25) is 9.59 Å². The second-order valence-electron chi connectivity index (χ2n) is 9.99. The lowest BCUT2D eigenvalue weighted by Crippen LogP contribution is -2.20. The molecule has 1 rings (SSSR count). The molecule has 0 bridgehead atoms. The number of hydrogen-bond acceptors (Lipinski definition) is 5. The molecule has 0 aromatic carbocycles. The number of hydrogen-bond donors (Lipinski definition) is 0. The summed E-state index contributed by atoms with van der Waals surface area (Å²) in [6, 6.07) is 0. The van der Waals surface area contributed by atoms with Crippen LogP contribution >= 0.6 is 11.8 Å². The van der Waals surface area contributed by atoms with Crippen LogP contribution in [0.15, 0.2) is 34.1 Å². The largest absolute Gasteiger partial charge is 0.490 e. The van der Waals surface area contributed by atoms with E-state index in [2.05, 4.69) is 40.7 Å². The van der Waals surface area contributed by atoms with Crippen molar-refractivity contribution in [2.24, 2.45) is 17.8 Å². The molecule has 0 saturated carbocycles. The van der Waals surface area contributed by atoms with Crippen molar-refractivity contribution >= 4 is 23.3 Å². The average molecular weight is 479 g/mol. The third-order valence-corrected chi connectivity index (χ3v) is 7.29. The molecule has 2 atom stereocenters. The van der Waals surface area contributed by atoms with Gasteiger partial charge in [-0.15, -0.1) is 11.8 Å². The summed E-state index contributed by atoms with van der Waals surface area (Å²) in [6.07, 6.45) is 15.2. The molecule has 5 heteroatoms. The molecule has 1 aliphatic carbocycles. The van der Waals surface area contributed by atoms with Crippen molar-refractivity contribution in [3.63, 3.8) is 0 Å². The molecule has 0 amide bonds. The molecule has 0 N–H and O–H groups in total. The molecule has 0 aromatic rings. The molecule has 188 valence electrons. The maximum absolute atomic E-state index is 12.5. The van der Waals surface area contributed by atoms with E-state index in [-0.39, 0.29) is 23.1 Å². The second kappa shape index (κ2) is 16.2. The van der Waals surface area contributed by atoms with Gasteiger partial charge in [0.25, 0.3) is 0 Å². The quantitative estimate of drug-likeness (QED) is 0.159. The number of methoxy groups -OCH3 is 2. The molecular formula is C28H46O4S. The minimum Gasteiger partial charge on any atom is -0.490 e. The fraction of sp³-hybridized carbons (Fsp3) is 0.714. The van der Waals surface area contributed by atoms with Gasteiger partial charge in [-0.25, -0.2) is 0 Å². The van der Waals surface area contributed by atoms with Crippen molar-refractivity contribution in [1.82, 2.24) is 0 Å². The molecule has 1 aliphatic rings. The maximum Gasteiger partial charge on any atom is 0.238 e. The highest BCUT2D eigenvalue weighted by Gasteiger charge is 2.30. The van der Waals surface area contributed by atoms with Gasteiger partial charge in [0.1, 0.15) is 0 Å². The molecule has 0 aliphatic heterocycles. The summed E-state index contributed by atoms with van der Waals surface area (Å²) >= 11 is 1.37. The third kappa shape index (κ3) is 11.5. The van der Waals surface area contributed by atoms with Crippen LogP contribution in [0.4, 0.5) is 0 Å². The van der Waals surface area contributed by atoms with E-state index in [1.54, 1.807) is 0 Å². The first-order valence-electron chi connectivity index (χ1n) is 12.6. The second-order valence-corrected chi connectivity index (χ2v) is 11.1. The van der Waals surface area contributed by atoms with Crippen LogP contribution in [0.2, 0.25) is 0 Å². The number of ether oxygens (including phenoxy) is 2. The Morgan fingerprint density at radius 2 is 1.42 bits per heavy atom. The summed E-state index contributed by atoms with van der Waals surface area (Å²) in [5.41, 5.74) is 1.34. The first-order chi connectivity index (χ1) is 15.7. The van der Waals surface area contributed by atoms with Gasteiger partial charge in [-0.2, -0.15) is 0 Å². The van der Waals surface area contributed by atoms with E-state index in [0.717, 1.165) is 24.2 Å². The van der Waals surface area contributed by atoms with Crippen LogP contribution in [0, 0.1) is 17.8 Å². The van der Waals surface area contributed by atoms with E-state index in [4.69, 9.17) is 9.47 Å². The Morgan fingerprint density at radius 3 is 1.97 bits per heavy atom. The molecule has 0 fully saturated rings. The Morgan fingerprint density at radius 1 is 0.879 bits per heavy atom. The fourth-order valence-electron chi connectivity index (χ4n) is 4.15. The first kappa shape index (κ1) is 29.5. The van der Waals surface area contributed by atoms with E-state index in [9.17, 15) is 9.59 Å². The van der Waals surface area contributed by atoms with Crippen LogP contribution in [-0.2, 0) is 19.1 Å². The lowest BCUT2D eigenvalue weighted by molar-refractivity contribution is -0.119. The maximum atomic E-state index is 12.5. The summed E-state index contributed by atoms with van der Waals surface area (Å²) < 4.78 is 10.1.